The quantitative estimate of drug-likeness (QED) is 0.560. The zero-order chi connectivity index (χ0) is 9.46. The highest BCUT2D eigenvalue weighted by Gasteiger charge is 2.26. The third kappa shape index (κ3) is 1.71. The van der Waals surface area contributed by atoms with Gasteiger partial charge in [-0.3, -0.25) is 4.79 Å². The van der Waals surface area contributed by atoms with Crippen molar-refractivity contribution >= 4 is 69.5 Å². The van der Waals surface area contributed by atoms with Gasteiger partial charge in [-0.2, -0.15) is 0 Å². The molecule has 0 N–H and O–H groups in total. The molecule has 0 radical (unpaired) electrons. The van der Waals surface area contributed by atoms with Gasteiger partial charge in [-0.1, -0.05) is 47.8 Å². The van der Waals surface area contributed by atoms with Gasteiger partial charge in [-0.25, -0.2) is 0 Å². The van der Waals surface area contributed by atoms with E-state index in [0.29, 0.717) is 8.96 Å². The van der Waals surface area contributed by atoms with Gasteiger partial charge in [0.1, 0.15) is 0 Å². The third-order valence-corrected chi connectivity index (χ3v) is 6.41. The molecule has 0 aromatic carbocycles. The van der Waals surface area contributed by atoms with E-state index in [0.717, 1.165) is 0 Å². The van der Waals surface area contributed by atoms with Crippen LogP contribution in [0.5, 0.6) is 0 Å². The summed E-state index contributed by atoms with van der Waals surface area (Å²) in [4.78, 5) is 10.9. The van der Waals surface area contributed by atoms with Crippen LogP contribution in [0.3, 0.4) is 0 Å². The van der Waals surface area contributed by atoms with Gasteiger partial charge in [0, 0.05) is 8.96 Å². The minimum atomic E-state index is -0.538. The molecule has 1 aliphatic rings. The molecule has 0 aromatic rings. The Hall–Kier alpha value is 0.870. The van der Waals surface area contributed by atoms with Crippen molar-refractivity contribution in [1.82, 2.24) is 0 Å². The van der Waals surface area contributed by atoms with Crippen LogP contribution in [0.15, 0.2) is 19.2 Å². The highest BCUT2D eigenvalue weighted by Crippen LogP contribution is 2.39. The molecule has 2 nitrogen and oxygen atoms in total. The number of allylic oxidation sites excluding steroid dienone is 3. The number of alkyl halides is 1. The van der Waals surface area contributed by atoms with E-state index in [-0.39, 0.29) is 9.31 Å². The molecule has 0 bridgehead atoms. The van der Waals surface area contributed by atoms with Crippen LogP contribution < -0.4 is 5.11 Å². The Morgan fingerprint density at radius 3 is 2.17 bits per heavy atom. The van der Waals surface area contributed by atoms with Crippen LogP contribution in [-0.4, -0.2) is 10.6 Å². The summed E-state index contributed by atoms with van der Waals surface area (Å²) >= 11 is 12.5. The van der Waals surface area contributed by atoms with Crippen molar-refractivity contribution in [3.05, 3.63) is 19.2 Å². The van der Waals surface area contributed by atoms with Crippen LogP contribution in [0.4, 0.5) is 0 Å². The van der Waals surface area contributed by atoms with Gasteiger partial charge in [0.05, 0.1) is 9.31 Å². The number of carbonyl (C=O) groups is 1. The van der Waals surface area contributed by atoms with Crippen molar-refractivity contribution in [2.24, 2.45) is 0 Å². The minimum Gasteiger partial charge on any atom is -0.869 e. The maximum Gasteiger partial charge on any atom is 0.186 e. The zero-order valence-corrected chi connectivity index (χ0v) is 11.7. The van der Waals surface area contributed by atoms with Gasteiger partial charge in [0.15, 0.2) is 5.78 Å². The van der Waals surface area contributed by atoms with Crippen LogP contribution in [0, 0.1) is 0 Å². The molecule has 0 aromatic heterocycles. The average Bonchev–Trinajstić information content (AvgIpc) is 2.08. The SMILES string of the molecule is O=C1C([O-])=C(Br)C(Br)C(Br)=C1Br. The molecule has 0 aliphatic heterocycles. The van der Waals surface area contributed by atoms with E-state index in [9.17, 15) is 9.90 Å². The maximum absolute atomic E-state index is 11.1. The Bertz CT molecular complexity index is 277. The Morgan fingerprint density at radius 1 is 1.17 bits per heavy atom. The Labute approximate surface area is 103 Å². The Balaban J connectivity index is 3.22. The van der Waals surface area contributed by atoms with Crippen LogP contribution in [0.2, 0.25) is 0 Å². The van der Waals surface area contributed by atoms with E-state index < -0.39 is 11.5 Å². The molecule has 1 aliphatic carbocycles. The van der Waals surface area contributed by atoms with Gasteiger partial charge in [-0.15, -0.1) is 0 Å². The van der Waals surface area contributed by atoms with Crippen molar-refractivity contribution in [3.8, 4) is 0 Å². The zero-order valence-electron chi connectivity index (χ0n) is 5.41. The predicted octanol–water partition coefficient (Wildman–Crippen LogP) is 2.30. The first-order valence-corrected chi connectivity index (χ1v) is 6.07. The fourth-order valence-electron chi connectivity index (χ4n) is 0.654. The standard InChI is InChI=1S/C6H2Br4O2/c7-1-2(8)4(10)6(12)5(11)3(1)9/h1,11H/p-1. The van der Waals surface area contributed by atoms with Gasteiger partial charge >= 0.3 is 0 Å². The fourth-order valence-corrected chi connectivity index (χ4v) is 2.93. The monoisotopic (exact) mass is 421 g/mol. The maximum atomic E-state index is 11.1. The molecule has 0 fully saturated rings. The number of halogens is 4. The fraction of sp³-hybridized carbons (Fsp3) is 0.167. The molecule has 0 amide bonds. The number of carbonyl (C=O) groups excluding carboxylic acids is 1. The number of rotatable bonds is 0. The first-order valence-electron chi connectivity index (χ1n) is 2.77. The first kappa shape index (κ1) is 10.9. The van der Waals surface area contributed by atoms with E-state index >= 15 is 0 Å². The second-order valence-corrected chi connectivity index (χ2v) is 5.45. The van der Waals surface area contributed by atoms with E-state index in [2.05, 4.69) is 63.7 Å². The van der Waals surface area contributed by atoms with E-state index in [1.165, 1.54) is 0 Å². The van der Waals surface area contributed by atoms with Crippen LogP contribution in [0.1, 0.15) is 0 Å². The van der Waals surface area contributed by atoms with Gasteiger partial charge in [-0.05, 0) is 21.7 Å². The van der Waals surface area contributed by atoms with Gasteiger partial charge in [0.2, 0.25) is 0 Å². The van der Waals surface area contributed by atoms with E-state index in [1.807, 2.05) is 0 Å². The summed E-state index contributed by atoms with van der Waals surface area (Å²) in [5, 5.41) is 11.1. The summed E-state index contributed by atoms with van der Waals surface area (Å²) in [5.41, 5.74) is 0. The summed E-state index contributed by atoms with van der Waals surface area (Å²) in [6.45, 7) is 0. The molecule has 12 heavy (non-hydrogen) atoms. The van der Waals surface area contributed by atoms with Gasteiger partial charge in [0.25, 0.3) is 0 Å². The average molecular weight is 425 g/mol. The van der Waals surface area contributed by atoms with E-state index in [1.54, 1.807) is 0 Å². The smallest absolute Gasteiger partial charge is 0.186 e. The van der Waals surface area contributed by atoms with Crippen molar-refractivity contribution in [3.63, 3.8) is 0 Å². The highest BCUT2D eigenvalue weighted by molar-refractivity contribution is 9.16. The molecule has 1 rings (SSSR count). The van der Waals surface area contributed by atoms with Crippen LogP contribution >= 0.6 is 63.7 Å². The molecule has 0 spiro atoms. The normalized spacial score (nSPS) is 25.3. The van der Waals surface area contributed by atoms with Crippen LogP contribution in [0.25, 0.3) is 0 Å². The number of hydrogen-bond donors (Lipinski definition) is 0. The number of hydrogen-bond acceptors (Lipinski definition) is 2. The molecule has 0 saturated heterocycles. The highest BCUT2D eigenvalue weighted by atomic mass is 79.9. The van der Waals surface area contributed by atoms with Crippen molar-refractivity contribution in [1.29, 1.82) is 0 Å². The lowest BCUT2D eigenvalue weighted by Crippen LogP contribution is -2.25. The molecular weight excluding hydrogens is 424 g/mol. The molecule has 6 heteroatoms. The van der Waals surface area contributed by atoms with Gasteiger partial charge < -0.3 is 5.11 Å². The summed E-state index contributed by atoms with van der Waals surface area (Å²) < 4.78 is 1.22. The second-order valence-electron chi connectivity index (χ2n) is 2.03. The third-order valence-electron chi connectivity index (χ3n) is 1.28. The number of Topliss-reactive ketones (excluding diaryl/α,β-unsaturated/α-hetero) is 1. The molecule has 0 saturated carbocycles. The van der Waals surface area contributed by atoms with E-state index in [4.69, 9.17) is 0 Å². The molecule has 1 atom stereocenters. The van der Waals surface area contributed by atoms with Crippen LogP contribution in [-0.2, 0) is 4.79 Å². The molecule has 0 heterocycles. The summed E-state index contributed by atoms with van der Waals surface area (Å²) in [5.74, 6) is -1.06. The second kappa shape index (κ2) is 3.94. The molecule has 1 unspecified atom stereocenters. The predicted molar refractivity (Wildman–Crippen MR) is 58.6 cm³/mol. The topological polar surface area (TPSA) is 40.1 Å². The number of ketones is 1. The molecular formula is C6HBr4O2-. The van der Waals surface area contributed by atoms with Crippen molar-refractivity contribution in [2.45, 2.75) is 4.83 Å². The summed E-state index contributed by atoms with van der Waals surface area (Å²) in [6.07, 6.45) is 0. The lowest BCUT2D eigenvalue weighted by molar-refractivity contribution is -0.298. The Kier molecular flexibility index (Phi) is 3.59. The first-order chi connectivity index (χ1) is 5.46. The summed E-state index contributed by atoms with van der Waals surface area (Å²) in [6, 6.07) is 0. The summed E-state index contributed by atoms with van der Waals surface area (Å²) in [7, 11) is 0. The largest absolute Gasteiger partial charge is 0.869 e. The van der Waals surface area contributed by atoms with Crippen molar-refractivity contribution < 1.29 is 9.90 Å². The van der Waals surface area contributed by atoms with Crippen molar-refractivity contribution in [2.75, 3.05) is 0 Å². The molecule has 66 valence electrons. The lowest BCUT2D eigenvalue weighted by Gasteiger charge is -2.23. The minimum absolute atomic E-state index is 0.267. The lowest BCUT2D eigenvalue weighted by atomic mass is 10.1. The Morgan fingerprint density at radius 2 is 1.67 bits per heavy atom.